The summed E-state index contributed by atoms with van der Waals surface area (Å²) in [4.78, 5) is 14.4. The second-order valence-corrected chi connectivity index (χ2v) is 11.5. The average Bonchev–Trinajstić information content (AvgIpc) is 3.59. The van der Waals surface area contributed by atoms with Gasteiger partial charge in [-0.2, -0.15) is 0 Å². The molecule has 0 amide bonds. The molecule has 3 fully saturated rings. The normalized spacial score (nSPS) is 20.8. The number of anilines is 2. The van der Waals surface area contributed by atoms with Crippen LogP contribution in [0.3, 0.4) is 0 Å². The van der Waals surface area contributed by atoms with Crippen molar-refractivity contribution in [3.05, 3.63) is 52.3 Å². The van der Waals surface area contributed by atoms with Gasteiger partial charge in [0.1, 0.15) is 0 Å². The first-order chi connectivity index (χ1) is 17.7. The Morgan fingerprint density at radius 1 is 1.08 bits per heavy atom. The van der Waals surface area contributed by atoms with E-state index in [4.69, 9.17) is 11.6 Å². The average molecular weight is 531 g/mol. The van der Waals surface area contributed by atoms with Crippen molar-refractivity contribution in [3.8, 4) is 5.69 Å². The maximum absolute atomic E-state index is 14.7. The van der Waals surface area contributed by atoms with Gasteiger partial charge in [0, 0.05) is 49.1 Å². The molecule has 2 aromatic heterocycles. The standard InChI is InChI=1S/C25H26ClF3N8/c1-15-19(27)7-30-22(31-15)35-10-24(11-35)12-36(13-24)23-33-32-21-9-34(14-25(28,29)17-2-3-17)8-16-6-18(26)4-5-20(16)37(21)23/h4-7,17H,2-3,8-14H2,1H3. The zero-order valence-electron chi connectivity index (χ0n) is 20.3. The lowest BCUT2D eigenvalue weighted by Gasteiger charge is -2.60. The Morgan fingerprint density at radius 2 is 1.84 bits per heavy atom. The summed E-state index contributed by atoms with van der Waals surface area (Å²) in [5, 5.41) is 9.51. The fraction of sp³-hybridized carbons (Fsp3) is 0.520. The van der Waals surface area contributed by atoms with Gasteiger partial charge in [0.25, 0.3) is 5.92 Å². The van der Waals surface area contributed by atoms with E-state index in [0.29, 0.717) is 47.8 Å². The van der Waals surface area contributed by atoms with E-state index in [2.05, 4.69) is 30.0 Å². The number of nitrogens with zero attached hydrogens (tertiary/aromatic N) is 8. The van der Waals surface area contributed by atoms with E-state index in [-0.39, 0.29) is 18.5 Å². The first-order valence-corrected chi connectivity index (χ1v) is 12.9. The maximum atomic E-state index is 14.7. The van der Waals surface area contributed by atoms with Crippen LogP contribution in [0.15, 0.2) is 24.4 Å². The number of hydrogen-bond donors (Lipinski definition) is 0. The van der Waals surface area contributed by atoms with Gasteiger partial charge in [-0.05, 0) is 43.5 Å². The van der Waals surface area contributed by atoms with Crippen molar-refractivity contribution in [2.24, 2.45) is 11.3 Å². The van der Waals surface area contributed by atoms with Gasteiger partial charge in [-0.3, -0.25) is 9.47 Å². The van der Waals surface area contributed by atoms with Gasteiger partial charge < -0.3 is 9.80 Å². The zero-order chi connectivity index (χ0) is 25.5. The SMILES string of the molecule is Cc1nc(N2CC3(C2)CN(c2nnc4n2-c2ccc(Cl)cc2CN(CC(F)(F)C2CC2)C4)C3)ncc1F. The van der Waals surface area contributed by atoms with Gasteiger partial charge >= 0.3 is 0 Å². The monoisotopic (exact) mass is 530 g/mol. The molecule has 2 saturated heterocycles. The largest absolute Gasteiger partial charge is 0.339 e. The predicted molar refractivity (Wildman–Crippen MR) is 132 cm³/mol. The minimum atomic E-state index is -2.72. The zero-order valence-corrected chi connectivity index (χ0v) is 21.1. The summed E-state index contributed by atoms with van der Waals surface area (Å²) in [6.07, 6.45) is 2.39. The third-order valence-corrected chi connectivity index (χ3v) is 8.18. The Balaban J connectivity index is 1.12. The molecule has 0 atom stereocenters. The molecule has 194 valence electrons. The third-order valence-electron chi connectivity index (χ3n) is 7.94. The molecule has 37 heavy (non-hydrogen) atoms. The summed E-state index contributed by atoms with van der Waals surface area (Å²) in [5.74, 6) is -1.73. The predicted octanol–water partition coefficient (Wildman–Crippen LogP) is 3.85. The molecule has 12 heteroatoms. The number of rotatable bonds is 5. The number of aromatic nitrogens is 5. The molecule has 1 saturated carbocycles. The Bertz CT molecular complexity index is 1380. The Hall–Kier alpha value is -2.92. The molecule has 7 rings (SSSR count). The van der Waals surface area contributed by atoms with Crippen LogP contribution in [0, 0.1) is 24.1 Å². The van der Waals surface area contributed by atoms with Gasteiger partial charge in [-0.15, -0.1) is 10.2 Å². The third kappa shape index (κ3) is 3.94. The summed E-state index contributed by atoms with van der Waals surface area (Å²) in [5.41, 5.74) is 2.19. The molecule has 3 aromatic rings. The topological polar surface area (TPSA) is 66.2 Å². The molecule has 4 aliphatic rings. The molecule has 8 nitrogen and oxygen atoms in total. The van der Waals surface area contributed by atoms with E-state index >= 15 is 0 Å². The van der Waals surface area contributed by atoms with Crippen molar-refractivity contribution >= 4 is 23.5 Å². The van der Waals surface area contributed by atoms with Crippen molar-refractivity contribution in [3.63, 3.8) is 0 Å². The molecule has 1 aromatic carbocycles. The Labute approximate surface area is 217 Å². The van der Waals surface area contributed by atoms with Crippen LogP contribution in [0.5, 0.6) is 0 Å². The number of alkyl halides is 2. The summed E-state index contributed by atoms with van der Waals surface area (Å²) in [7, 11) is 0. The Kier molecular flexibility index (Phi) is 5.04. The van der Waals surface area contributed by atoms with Gasteiger partial charge in [0.05, 0.1) is 30.7 Å². The lowest BCUT2D eigenvalue weighted by atomic mass is 9.73. The maximum Gasteiger partial charge on any atom is 0.263 e. The lowest BCUT2D eigenvalue weighted by Crippen LogP contribution is -2.73. The Morgan fingerprint density at radius 3 is 2.57 bits per heavy atom. The van der Waals surface area contributed by atoms with Gasteiger partial charge in [-0.1, -0.05) is 11.6 Å². The number of halogens is 4. The van der Waals surface area contributed by atoms with E-state index in [1.54, 1.807) is 11.8 Å². The second-order valence-electron chi connectivity index (χ2n) is 11.0. The highest BCUT2D eigenvalue weighted by Crippen LogP contribution is 2.45. The molecular formula is C25H26ClF3N8. The number of aryl methyl sites for hydroxylation is 1. The summed E-state index contributed by atoms with van der Waals surface area (Å²) >= 11 is 6.31. The number of hydrogen-bond acceptors (Lipinski definition) is 7. The van der Waals surface area contributed by atoms with E-state index in [1.807, 2.05) is 22.8 Å². The molecule has 0 radical (unpaired) electrons. The van der Waals surface area contributed by atoms with Crippen LogP contribution in [-0.2, 0) is 13.1 Å². The van der Waals surface area contributed by atoms with Crippen LogP contribution in [0.4, 0.5) is 25.1 Å². The molecule has 0 N–H and O–H groups in total. The lowest BCUT2D eigenvalue weighted by molar-refractivity contribution is -0.0558. The van der Waals surface area contributed by atoms with Crippen LogP contribution in [0.2, 0.25) is 5.02 Å². The minimum Gasteiger partial charge on any atom is -0.339 e. The molecule has 0 bridgehead atoms. The van der Waals surface area contributed by atoms with E-state index < -0.39 is 17.7 Å². The molecule has 0 unspecified atom stereocenters. The highest BCUT2D eigenvalue weighted by atomic mass is 35.5. The smallest absolute Gasteiger partial charge is 0.263 e. The summed E-state index contributed by atoms with van der Waals surface area (Å²) in [6, 6.07) is 5.59. The van der Waals surface area contributed by atoms with Crippen molar-refractivity contribution in [1.29, 1.82) is 0 Å². The van der Waals surface area contributed by atoms with E-state index in [1.165, 1.54) is 6.20 Å². The fourth-order valence-electron chi connectivity index (χ4n) is 5.90. The van der Waals surface area contributed by atoms with Crippen LogP contribution < -0.4 is 9.80 Å². The van der Waals surface area contributed by atoms with Gasteiger partial charge in [0.2, 0.25) is 11.9 Å². The van der Waals surface area contributed by atoms with Gasteiger partial charge in [-0.25, -0.2) is 23.1 Å². The van der Waals surface area contributed by atoms with Gasteiger partial charge in [0.15, 0.2) is 11.6 Å². The van der Waals surface area contributed by atoms with Crippen molar-refractivity contribution < 1.29 is 13.2 Å². The fourth-order valence-corrected chi connectivity index (χ4v) is 6.10. The minimum absolute atomic E-state index is 0.0873. The molecule has 1 spiro atoms. The van der Waals surface area contributed by atoms with Crippen molar-refractivity contribution in [2.75, 3.05) is 42.5 Å². The second kappa shape index (κ2) is 8.04. The molecule has 5 heterocycles. The highest BCUT2D eigenvalue weighted by molar-refractivity contribution is 6.30. The summed E-state index contributed by atoms with van der Waals surface area (Å²) in [6.45, 7) is 5.13. The molecular weight excluding hydrogens is 505 g/mol. The summed E-state index contributed by atoms with van der Waals surface area (Å²) < 4.78 is 45.0. The van der Waals surface area contributed by atoms with Crippen LogP contribution in [-0.4, -0.2) is 68.3 Å². The van der Waals surface area contributed by atoms with E-state index in [9.17, 15) is 13.2 Å². The number of fused-ring (bicyclic) bond motifs is 3. The highest BCUT2D eigenvalue weighted by Gasteiger charge is 2.54. The van der Waals surface area contributed by atoms with Crippen molar-refractivity contribution in [1.82, 2.24) is 29.6 Å². The first kappa shape index (κ1) is 23.2. The number of benzene rings is 1. The molecule has 1 aliphatic carbocycles. The first-order valence-electron chi connectivity index (χ1n) is 12.5. The molecule has 3 aliphatic heterocycles. The van der Waals surface area contributed by atoms with Crippen LogP contribution in [0.1, 0.15) is 29.9 Å². The van der Waals surface area contributed by atoms with E-state index in [0.717, 1.165) is 37.4 Å². The quantitative estimate of drug-likeness (QED) is 0.496. The van der Waals surface area contributed by atoms with Crippen LogP contribution in [0.25, 0.3) is 5.69 Å². The van der Waals surface area contributed by atoms with Crippen molar-refractivity contribution in [2.45, 2.75) is 38.8 Å². The van der Waals surface area contributed by atoms with Crippen LogP contribution >= 0.6 is 11.6 Å².